The molecule has 0 saturated carbocycles. The number of likely N-dealkylation sites (tertiary alicyclic amines) is 1. The zero-order chi connectivity index (χ0) is 20.3. The number of nitrogens with one attached hydrogen (secondary N) is 1. The Labute approximate surface area is 165 Å². The van der Waals surface area contributed by atoms with Crippen molar-refractivity contribution >= 4 is 34.8 Å². The van der Waals surface area contributed by atoms with Crippen molar-refractivity contribution in [1.82, 2.24) is 4.90 Å². The number of halogens is 2. The standard InChI is InChI=1S/C19H17ClFN3O4/c20-15-4-2-1-3-14(15)19(26)23-9-7-12(8-10-23)18(25)22-17-11-13(24(27)28)5-6-16(17)21/h1-6,11-12H,7-10H2,(H,22,25). The molecule has 0 radical (unpaired) electrons. The number of nitro benzene ring substituents is 1. The highest BCUT2D eigenvalue weighted by Crippen LogP contribution is 2.25. The number of anilines is 1. The third kappa shape index (κ3) is 4.28. The van der Waals surface area contributed by atoms with Gasteiger partial charge in [0, 0.05) is 31.1 Å². The molecule has 1 saturated heterocycles. The van der Waals surface area contributed by atoms with Crippen LogP contribution in [0.1, 0.15) is 23.2 Å². The van der Waals surface area contributed by atoms with Crippen molar-refractivity contribution < 1.29 is 18.9 Å². The van der Waals surface area contributed by atoms with Crippen molar-refractivity contribution in [2.45, 2.75) is 12.8 Å². The van der Waals surface area contributed by atoms with Gasteiger partial charge in [0.05, 0.1) is 21.2 Å². The first-order valence-corrected chi connectivity index (χ1v) is 9.03. The van der Waals surface area contributed by atoms with Gasteiger partial charge in [0.25, 0.3) is 11.6 Å². The number of benzene rings is 2. The minimum atomic E-state index is -0.745. The van der Waals surface area contributed by atoms with Crippen molar-refractivity contribution in [2.24, 2.45) is 5.92 Å². The van der Waals surface area contributed by atoms with E-state index in [9.17, 15) is 24.1 Å². The summed E-state index contributed by atoms with van der Waals surface area (Å²) in [4.78, 5) is 36.8. The molecule has 2 aromatic rings. The van der Waals surface area contributed by atoms with Crippen molar-refractivity contribution in [3.8, 4) is 0 Å². The van der Waals surface area contributed by atoms with Crippen LogP contribution in [0.25, 0.3) is 0 Å². The van der Waals surface area contributed by atoms with Crippen LogP contribution < -0.4 is 5.32 Å². The van der Waals surface area contributed by atoms with Crippen LogP contribution in [0, 0.1) is 21.8 Å². The van der Waals surface area contributed by atoms with E-state index in [2.05, 4.69) is 5.32 Å². The lowest BCUT2D eigenvalue weighted by atomic mass is 9.95. The van der Waals surface area contributed by atoms with Gasteiger partial charge >= 0.3 is 0 Å². The summed E-state index contributed by atoms with van der Waals surface area (Å²) < 4.78 is 13.9. The second kappa shape index (κ2) is 8.35. The molecule has 0 bridgehead atoms. The van der Waals surface area contributed by atoms with Gasteiger partial charge in [-0.1, -0.05) is 23.7 Å². The number of piperidine rings is 1. The first kappa shape index (κ1) is 19.8. The number of amides is 2. The highest BCUT2D eigenvalue weighted by Gasteiger charge is 2.29. The lowest BCUT2D eigenvalue weighted by Crippen LogP contribution is -2.41. The molecule has 2 aromatic carbocycles. The van der Waals surface area contributed by atoms with Crippen LogP contribution >= 0.6 is 11.6 Å². The molecule has 2 amide bonds. The molecule has 9 heteroatoms. The Morgan fingerprint density at radius 1 is 1.18 bits per heavy atom. The van der Waals surface area contributed by atoms with Crippen LogP contribution in [0.15, 0.2) is 42.5 Å². The number of nitro groups is 1. The van der Waals surface area contributed by atoms with E-state index in [-0.39, 0.29) is 17.3 Å². The third-order valence-corrected chi connectivity index (χ3v) is 5.01. The van der Waals surface area contributed by atoms with Crippen LogP contribution in [0.3, 0.4) is 0 Å². The first-order valence-electron chi connectivity index (χ1n) is 8.65. The fourth-order valence-electron chi connectivity index (χ4n) is 3.11. The molecule has 146 valence electrons. The Balaban J connectivity index is 1.61. The van der Waals surface area contributed by atoms with Gasteiger partial charge in [-0.25, -0.2) is 4.39 Å². The highest BCUT2D eigenvalue weighted by atomic mass is 35.5. The van der Waals surface area contributed by atoms with E-state index in [1.54, 1.807) is 29.2 Å². The number of carbonyl (C=O) groups is 2. The summed E-state index contributed by atoms with van der Waals surface area (Å²) >= 11 is 6.06. The Bertz CT molecular complexity index is 929. The average molecular weight is 406 g/mol. The van der Waals surface area contributed by atoms with Gasteiger partial charge in [-0.05, 0) is 31.0 Å². The molecule has 0 aliphatic carbocycles. The summed E-state index contributed by atoms with van der Waals surface area (Å²) in [7, 11) is 0. The lowest BCUT2D eigenvalue weighted by molar-refractivity contribution is -0.384. The molecule has 1 aliphatic rings. The molecule has 3 rings (SSSR count). The van der Waals surface area contributed by atoms with E-state index >= 15 is 0 Å². The summed E-state index contributed by atoms with van der Waals surface area (Å²) in [5.74, 6) is -1.79. The SMILES string of the molecule is O=C(Nc1cc([N+](=O)[O-])ccc1F)C1CCN(C(=O)c2ccccc2Cl)CC1. The van der Waals surface area contributed by atoms with E-state index in [4.69, 9.17) is 11.6 Å². The number of carbonyl (C=O) groups excluding carboxylic acids is 2. The summed E-state index contributed by atoms with van der Waals surface area (Å²) in [6, 6.07) is 9.72. The predicted octanol–water partition coefficient (Wildman–Crippen LogP) is 3.88. The fourth-order valence-corrected chi connectivity index (χ4v) is 3.32. The molecule has 7 nitrogen and oxygen atoms in total. The number of nitrogens with zero attached hydrogens (tertiary/aromatic N) is 2. The molecular weight excluding hydrogens is 389 g/mol. The number of rotatable bonds is 4. The maximum Gasteiger partial charge on any atom is 0.271 e. The van der Waals surface area contributed by atoms with Gasteiger partial charge in [-0.2, -0.15) is 0 Å². The summed E-state index contributed by atoms with van der Waals surface area (Å²) in [5.41, 5.74) is -0.128. The number of hydrogen-bond acceptors (Lipinski definition) is 4. The van der Waals surface area contributed by atoms with Gasteiger partial charge in [-0.15, -0.1) is 0 Å². The third-order valence-electron chi connectivity index (χ3n) is 4.68. The average Bonchev–Trinajstić information content (AvgIpc) is 2.69. The van der Waals surface area contributed by atoms with Crippen LogP contribution in [0.5, 0.6) is 0 Å². The minimum Gasteiger partial charge on any atom is -0.339 e. The quantitative estimate of drug-likeness (QED) is 0.617. The molecule has 0 atom stereocenters. The van der Waals surface area contributed by atoms with Gasteiger partial charge in [0.1, 0.15) is 5.82 Å². The van der Waals surface area contributed by atoms with Crippen LogP contribution in [-0.2, 0) is 4.79 Å². The van der Waals surface area contributed by atoms with Crippen molar-refractivity contribution in [3.63, 3.8) is 0 Å². The number of non-ortho nitro benzene ring substituents is 1. The molecule has 1 N–H and O–H groups in total. The Hall–Kier alpha value is -3.00. The van der Waals surface area contributed by atoms with E-state index in [1.165, 1.54) is 0 Å². The molecule has 0 spiro atoms. The smallest absolute Gasteiger partial charge is 0.271 e. The Morgan fingerprint density at radius 3 is 2.50 bits per heavy atom. The van der Waals surface area contributed by atoms with E-state index < -0.39 is 22.6 Å². The van der Waals surface area contributed by atoms with Crippen LogP contribution in [0.2, 0.25) is 5.02 Å². The Morgan fingerprint density at radius 2 is 1.86 bits per heavy atom. The summed E-state index contributed by atoms with van der Waals surface area (Å²) in [5, 5.41) is 13.6. The summed E-state index contributed by atoms with van der Waals surface area (Å²) in [6.07, 6.45) is 0.803. The fraction of sp³-hybridized carbons (Fsp3) is 0.263. The van der Waals surface area contributed by atoms with Crippen molar-refractivity contribution in [2.75, 3.05) is 18.4 Å². The minimum absolute atomic E-state index is 0.200. The molecule has 0 unspecified atom stereocenters. The molecule has 28 heavy (non-hydrogen) atoms. The Kier molecular flexibility index (Phi) is 5.89. The van der Waals surface area contributed by atoms with E-state index in [0.717, 1.165) is 18.2 Å². The first-order chi connectivity index (χ1) is 13.4. The monoisotopic (exact) mass is 405 g/mol. The largest absolute Gasteiger partial charge is 0.339 e. The maximum absolute atomic E-state index is 13.9. The molecular formula is C19H17ClFN3O4. The normalized spacial score (nSPS) is 14.6. The predicted molar refractivity (Wildman–Crippen MR) is 102 cm³/mol. The number of hydrogen-bond donors (Lipinski definition) is 1. The van der Waals surface area contributed by atoms with E-state index in [1.807, 2.05) is 0 Å². The zero-order valence-corrected chi connectivity index (χ0v) is 15.5. The van der Waals surface area contributed by atoms with E-state index in [0.29, 0.717) is 36.5 Å². The second-order valence-corrected chi connectivity index (χ2v) is 6.86. The zero-order valence-electron chi connectivity index (χ0n) is 14.7. The van der Waals surface area contributed by atoms with Gasteiger partial charge in [0.15, 0.2) is 0 Å². The topological polar surface area (TPSA) is 92.5 Å². The van der Waals surface area contributed by atoms with Gasteiger partial charge < -0.3 is 10.2 Å². The van der Waals surface area contributed by atoms with Gasteiger partial charge in [-0.3, -0.25) is 19.7 Å². The van der Waals surface area contributed by atoms with Crippen LogP contribution in [0.4, 0.5) is 15.8 Å². The van der Waals surface area contributed by atoms with Crippen molar-refractivity contribution in [3.05, 3.63) is 69.0 Å². The van der Waals surface area contributed by atoms with Crippen LogP contribution in [-0.4, -0.2) is 34.7 Å². The molecule has 1 heterocycles. The maximum atomic E-state index is 13.9. The molecule has 0 aromatic heterocycles. The summed E-state index contributed by atoms with van der Waals surface area (Å²) in [6.45, 7) is 0.721. The second-order valence-electron chi connectivity index (χ2n) is 6.46. The molecule has 1 fully saturated rings. The van der Waals surface area contributed by atoms with Crippen molar-refractivity contribution in [1.29, 1.82) is 0 Å². The van der Waals surface area contributed by atoms with Gasteiger partial charge in [0.2, 0.25) is 5.91 Å². The lowest BCUT2D eigenvalue weighted by Gasteiger charge is -2.31. The highest BCUT2D eigenvalue weighted by molar-refractivity contribution is 6.33. The molecule has 1 aliphatic heterocycles.